The summed E-state index contributed by atoms with van der Waals surface area (Å²) in [5.74, 6) is 5.89. The van der Waals surface area contributed by atoms with Crippen LogP contribution < -0.4 is 10.2 Å². The van der Waals surface area contributed by atoms with Gasteiger partial charge in [-0.25, -0.2) is 4.98 Å². The third-order valence-corrected chi connectivity index (χ3v) is 4.48. The smallest absolute Gasteiger partial charge is 0.228 e. The maximum atomic E-state index is 11.9. The fraction of sp³-hybridized carbons (Fsp3) is 0.278. The van der Waals surface area contributed by atoms with Gasteiger partial charge in [0.05, 0.1) is 18.7 Å². The number of rotatable bonds is 4. The maximum absolute atomic E-state index is 11.9. The number of nitrogens with one attached hydrogen (secondary N) is 1. The van der Waals surface area contributed by atoms with Crippen molar-refractivity contribution in [2.45, 2.75) is 19.3 Å². The van der Waals surface area contributed by atoms with Gasteiger partial charge in [0.25, 0.3) is 0 Å². The minimum atomic E-state index is -0.123. The van der Waals surface area contributed by atoms with Crippen molar-refractivity contribution in [1.82, 2.24) is 10.3 Å². The fourth-order valence-electron chi connectivity index (χ4n) is 2.39. The Labute approximate surface area is 144 Å². The van der Waals surface area contributed by atoms with Crippen molar-refractivity contribution in [2.24, 2.45) is 0 Å². The van der Waals surface area contributed by atoms with Gasteiger partial charge in [-0.3, -0.25) is 14.5 Å². The SMILES string of the molecule is O=C(Cc1csc(N2CCCC2=O)n1)NCC#Cc1ccccc1. The van der Waals surface area contributed by atoms with Crippen molar-refractivity contribution >= 4 is 28.3 Å². The third-order valence-electron chi connectivity index (χ3n) is 3.57. The van der Waals surface area contributed by atoms with Crippen LogP contribution in [0.4, 0.5) is 5.13 Å². The van der Waals surface area contributed by atoms with E-state index in [2.05, 4.69) is 22.1 Å². The molecule has 0 spiro atoms. The summed E-state index contributed by atoms with van der Waals surface area (Å²) in [4.78, 5) is 29.7. The van der Waals surface area contributed by atoms with Crippen molar-refractivity contribution < 1.29 is 9.59 Å². The summed E-state index contributed by atoms with van der Waals surface area (Å²) < 4.78 is 0. The fourth-order valence-corrected chi connectivity index (χ4v) is 3.26. The van der Waals surface area contributed by atoms with Gasteiger partial charge in [-0.15, -0.1) is 11.3 Å². The predicted octanol–water partition coefficient (Wildman–Crippen LogP) is 1.98. The zero-order valence-electron chi connectivity index (χ0n) is 13.1. The highest BCUT2D eigenvalue weighted by molar-refractivity contribution is 7.14. The lowest BCUT2D eigenvalue weighted by molar-refractivity contribution is -0.120. The molecule has 0 saturated carbocycles. The summed E-state index contributed by atoms with van der Waals surface area (Å²) in [6, 6.07) is 9.63. The van der Waals surface area contributed by atoms with Gasteiger partial charge in [0, 0.05) is 23.9 Å². The molecule has 1 fully saturated rings. The number of aromatic nitrogens is 1. The molecule has 5 nitrogen and oxygen atoms in total. The highest BCUT2D eigenvalue weighted by Gasteiger charge is 2.24. The van der Waals surface area contributed by atoms with Gasteiger partial charge in [-0.2, -0.15) is 0 Å². The molecule has 1 N–H and O–H groups in total. The van der Waals surface area contributed by atoms with Crippen molar-refractivity contribution in [3.63, 3.8) is 0 Å². The molecule has 2 heterocycles. The van der Waals surface area contributed by atoms with E-state index in [1.165, 1.54) is 11.3 Å². The van der Waals surface area contributed by atoms with E-state index in [0.29, 0.717) is 30.3 Å². The van der Waals surface area contributed by atoms with Gasteiger partial charge in [0.1, 0.15) is 0 Å². The first-order valence-electron chi connectivity index (χ1n) is 7.78. The molecule has 24 heavy (non-hydrogen) atoms. The summed E-state index contributed by atoms with van der Waals surface area (Å²) in [6.45, 7) is 1.02. The number of hydrogen-bond donors (Lipinski definition) is 1. The van der Waals surface area contributed by atoms with Crippen LogP contribution in [0.5, 0.6) is 0 Å². The summed E-state index contributed by atoms with van der Waals surface area (Å²) in [6.07, 6.45) is 1.65. The van der Waals surface area contributed by atoms with Crippen LogP contribution in [0.2, 0.25) is 0 Å². The topological polar surface area (TPSA) is 62.3 Å². The van der Waals surface area contributed by atoms with E-state index in [0.717, 1.165) is 12.0 Å². The van der Waals surface area contributed by atoms with E-state index >= 15 is 0 Å². The van der Waals surface area contributed by atoms with Crippen LogP contribution in [0.15, 0.2) is 35.7 Å². The Hall–Kier alpha value is -2.65. The summed E-state index contributed by atoms with van der Waals surface area (Å²) >= 11 is 1.40. The van der Waals surface area contributed by atoms with Gasteiger partial charge in [-0.05, 0) is 18.6 Å². The third kappa shape index (κ3) is 4.21. The van der Waals surface area contributed by atoms with E-state index in [9.17, 15) is 9.59 Å². The van der Waals surface area contributed by atoms with Crippen LogP contribution >= 0.6 is 11.3 Å². The lowest BCUT2D eigenvalue weighted by Gasteiger charge is -2.10. The van der Waals surface area contributed by atoms with Crippen LogP contribution in [-0.4, -0.2) is 29.9 Å². The Kier molecular flexibility index (Phi) is 5.24. The Morgan fingerprint density at radius 1 is 1.33 bits per heavy atom. The molecule has 0 unspecified atom stereocenters. The highest BCUT2D eigenvalue weighted by atomic mass is 32.1. The first kappa shape index (κ1) is 16.2. The Balaban J connectivity index is 1.48. The number of nitrogens with zero attached hydrogens (tertiary/aromatic N) is 2. The van der Waals surface area contributed by atoms with Gasteiger partial charge < -0.3 is 5.32 Å². The number of amides is 2. The molecule has 0 aliphatic carbocycles. The summed E-state index contributed by atoms with van der Waals surface area (Å²) in [5, 5.41) is 5.27. The summed E-state index contributed by atoms with van der Waals surface area (Å²) in [5.41, 5.74) is 1.61. The molecule has 6 heteroatoms. The van der Waals surface area contributed by atoms with E-state index < -0.39 is 0 Å². The van der Waals surface area contributed by atoms with Crippen molar-refractivity contribution in [1.29, 1.82) is 0 Å². The van der Waals surface area contributed by atoms with Crippen molar-refractivity contribution in [3.8, 4) is 11.8 Å². The van der Waals surface area contributed by atoms with Crippen LogP contribution in [0.25, 0.3) is 0 Å². The lowest BCUT2D eigenvalue weighted by Crippen LogP contribution is -2.26. The largest absolute Gasteiger partial charge is 0.345 e. The number of hydrogen-bond acceptors (Lipinski definition) is 4. The number of benzene rings is 1. The summed E-state index contributed by atoms with van der Waals surface area (Å²) in [7, 11) is 0. The first-order valence-corrected chi connectivity index (χ1v) is 8.66. The molecular formula is C18H17N3O2S. The highest BCUT2D eigenvalue weighted by Crippen LogP contribution is 2.25. The van der Waals surface area contributed by atoms with Crippen LogP contribution in [0, 0.1) is 11.8 Å². The quantitative estimate of drug-likeness (QED) is 0.867. The second-order valence-electron chi connectivity index (χ2n) is 5.39. The Morgan fingerprint density at radius 2 is 2.17 bits per heavy atom. The molecule has 1 aromatic heterocycles. The molecule has 1 saturated heterocycles. The zero-order valence-corrected chi connectivity index (χ0v) is 13.9. The normalized spacial score (nSPS) is 13.5. The maximum Gasteiger partial charge on any atom is 0.228 e. The molecule has 1 aromatic carbocycles. The molecule has 0 atom stereocenters. The van der Waals surface area contributed by atoms with E-state index in [-0.39, 0.29) is 18.2 Å². The van der Waals surface area contributed by atoms with Crippen LogP contribution in [0.3, 0.4) is 0 Å². The minimum Gasteiger partial charge on any atom is -0.345 e. The average molecular weight is 339 g/mol. The van der Waals surface area contributed by atoms with Gasteiger partial charge in [0.15, 0.2) is 5.13 Å². The number of thiazole rings is 1. The molecule has 0 radical (unpaired) electrons. The van der Waals surface area contributed by atoms with E-state index in [4.69, 9.17) is 0 Å². The molecule has 122 valence electrons. The molecule has 2 aromatic rings. The van der Waals surface area contributed by atoms with Crippen LogP contribution in [-0.2, 0) is 16.0 Å². The standard InChI is InChI=1S/C18H17N3O2S/c22-16(19-10-4-8-14-6-2-1-3-7-14)12-15-13-24-18(20-15)21-11-5-9-17(21)23/h1-3,6-7,13H,5,9-12H2,(H,19,22). The molecule has 2 amide bonds. The predicted molar refractivity (Wildman–Crippen MR) is 93.7 cm³/mol. The second kappa shape index (κ2) is 7.75. The average Bonchev–Trinajstić information content (AvgIpc) is 3.21. The Morgan fingerprint density at radius 3 is 2.92 bits per heavy atom. The monoisotopic (exact) mass is 339 g/mol. The van der Waals surface area contributed by atoms with Crippen molar-refractivity contribution in [2.75, 3.05) is 18.0 Å². The minimum absolute atomic E-state index is 0.108. The van der Waals surface area contributed by atoms with E-state index in [1.54, 1.807) is 4.90 Å². The van der Waals surface area contributed by atoms with Crippen LogP contribution in [0.1, 0.15) is 24.1 Å². The van der Waals surface area contributed by atoms with E-state index in [1.807, 2.05) is 35.7 Å². The van der Waals surface area contributed by atoms with Gasteiger partial charge >= 0.3 is 0 Å². The molecule has 0 bridgehead atoms. The Bertz CT molecular complexity index is 789. The lowest BCUT2D eigenvalue weighted by atomic mass is 10.2. The van der Waals surface area contributed by atoms with Gasteiger partial charge in [0.2, 0.25) is 11.8 Å². The van der Waals surface area contributed by atoms with Gasteiger partial charge in [-0.1, -0.05) is 30.0 Å². The number of carbonyl (C=O) groups is 2. The molecule has 1 aliphatic rings. The first-order chi connectivity index (χ1) is 11.7. The number of anilines is 1. The van der Waals surface area contributed by atoms with Crippen molar-refractivity contribution in [3.05, 3.63) is 47.0 Å². The number of carbonyl (C=O) groups excluding carboxylic acids is 2. The zero-order chi connectivity index (χ0) is 16.8. The molecule has 1 aliphatic heterocycles. The second-order valence-corrected chi connectivity index (χ2v) is 6.23. The molecule has 3 rings (SSSR count). The molecular weight excluding hydrogens is 322 g/mol.